The van der Waals surface area contributed by atoms with E-state index in [4.69, 9.17) is 0 Å². The van der Waals surface area contributed by atoms with Crippen LogP contribution in [0.5, 0.6) is 0 Å². The molecule has 1 aliphatic carbocycles. The normalized spacial score (nSPS) is 21.6. The summed E-state index contributed by atoms with van der Waals surface area (Å²) in [4.78, 5) is 15.4. The van der Waals surface area contributed by atoms with E-state index in [2.05, 4.69) is 26.0 Å². The number of rotatable bonds is 5. The van der Waals surface area contributed by atoms with Crippen molar-refractivity contribution in [1.29, 1.82) is 0 Å². The first-order valence-corrected chi connectivity index (χ1v) is 11.1. The molecule has 7 nitrogen and oxygen atoms in total. The van der Waals surface area contributed by atoms with Crippen LogP contribution < -0.4 is 0 Å². The van der Waals surface area contributed by atoms with E-state index in [0.717, 1.165) is 54.2 Å². The van der Waals surface area contributed by atoms with Gasteiger partial charge in [-0.25, -0.2) is 18.4 Å². The molecule has 3 heterocycles. The number of imidazole rings is 1. The minimum Gasteiger partial charge on any atom is -0.388 e. The summed E-state index contributed by atoms with van der Waals surface area (Å²) in [5, 5.41) is 10.3. The first kappa shape index (κ1) is 17.5. The maximum absolute atomic E-state index is 11.4. The first-order valence-electron chi connectivity index (χ1n) is 9.07. The van der Waals surface area contributed by atoms with E-state index < -0.39 is 9.84 Å². The highest BCUT2D eigenvalue weighted by Gasteiger charge is 2.25. The molecule has 0 spiro atoms. The van der Waals surface area contributed by atoms with E-state index in [0.29, 0.717) is 23.4 Å². The number of H-pyrrole nitrogens is 2. The first-order chi connectivity index (χ1) is 12.4. The second kappa shape index (κ2) is 6.66. The molecule has 0 unspecified atom stereocenters. The number of aliphatic hydroxyl groups is 1. The van der Waals surface area contributed by atoms with E-state index in [9.17, 15) is 13.5 Å². The summed E-state index contributed by atoms with van der Waals surface area (Å²) < 4.78 is 22.7. The fourth-order valence-corrected chi connectivity index (χ4v) is 4.81. The Labute approximate surface area is 152 Å². The van der Waals surface area contributed by atoms with E-state index >= 15 is 0 Å². The lowest BCUT2D eigenvalue weighted by atomic mass is 9.79. The van der Waals surface area contributed by atoms with Gasteiger partial charge in [0.15, 0.2) is 0 Å². The average molecular weight is 376 g/mol. The zero-order valence-electron chi connectivity index (χ0n) is 14.8. The van der Waals surface area contributed by atoms with Gasteiger partial charge in [-0.2, -0.15) is 0 Å². The third kappa shape index (κ3) is 3.48. The highest BCUT2D eigenvalue weighted by Crippen LogP contribution is 2.38. The summed E-state index contributed by atoms with van der Waals surface area (Å²) in [6.45, 7) is -0.120. The highest BCUT2D eigenvalue weighted by molar-refractivity contribution is 7.90. The Morgan fingerprint density at radius 3 is 2.69 bits per heavy atom. The topological polar surface area (TPSA) is 112 Å². The van der Waals surface area contributed by atoms with Crippen LogP contribution in [0.2, 0.25) is 0 Å². The van der Waals surface area contributed by atoms with Gasteiger partial charge < -0.3 is 15.1 Å². The molecule has 140 valence electrons. The van der Waals surface area contributed by atoms with Gasteiger partial charge in [0, 0.05) is 17.3 Å². The predicted octanol–water partition coefficient (Wildman–Crippen LogP) is 2.64. The van der Waals surface area contributed by atoms with Gasteiger partial charge in [0.1, 0.15) is 33.4 Å². The van der Waals surface area contributed by atoms with Gasteiger partial charge in [0.25, 0.3) is 0 Å². The molecule has 0 saturated heterocycles. The Morgan fingerprint density at radius 2 is 2.00 bits per heavy atom. The molecule has 3 N–H and O–H groups in total. The average Bonchev–Trinajstić information content (AvgIpc) is 3.23. The molecule has 0 aliphatic heterocycles. The molecule has 0 bridgehead atoms. The Hall–Kier alpha value is -1.93. The number of aliphatic hydroxyl groups excluding tert-OH is 1. The molecule has 0 atom stereocenters. The van der Waals surface area contributed by atoms with Crippen molar-refractivity contribution in [1.82, 2.24) is 19.9 Å². The number of sulfone groups is 1. The van der Waals surface area contributed by atoms with Crippen LogP contribution in [0.15, 0.2) is 12.3 Å². The second-order valence-corrected chi connectivity index (χ2v) is 9.75. The Morgan fingerprint density at radius 1 is 1.23 bits per heavy atom. The maximum Gasteiger partial charge on any atom is 0.147 e. The van der Waals surface area contributed by atoms with Crippen LogP contribution in [0.25, 0.3) is 22.1 Å². The number of pyridine rings is 1. The van der Waals surface area contributed by atoms with E-state index in [1.54, 1.807) is 6.20 Å². The minimum atomic E-state index is -2.87. The third-order valence-electron chi connectivity index (χ3n) is 5.51. The number of fused-ring (bicyclic) bond motifs is 3. The number of nitrogens with zero attached hydrogens (tertiary/aromatic N) is 2. The SMILES string of the molecule is CS(=O)(=O)CCC1CCC(c2cc3c(ncc4[nH]c(CO)nc43)[nH]2)CC1. The van der Waals surface area contributed by atoms with Crippen molar-refractivity contribution in [3.63, 3.8) is 0 Å². The number of nitrogens with one attached hydrogen (secondary N) is 2. The molecule has 1 fully saturated rings. The molecular formula is C18H24N4O3S. The molecular weight excluding hydrogens is 352 g/mol. The van der Waals surface area contributed by atoms with E-state index in [1.165, 1.54) is 11.9 Å². The van der Waals surface area contributed by atoms with Crippen molar-refractivity contribution < 1.29 is 13.5 Å². The van der Waals surface area contributed by atoms with Crippen LogP contribution in [-0.4, -0.2) is 45.5 Å². The standard InChI is InChI=1S/C18H24N4O3S/c1-26(24,25)7-6-11-2-4-12(5-3-11)14-8-13-17-15(9-19-18(13)21-14)20-16(10-23)22-17/h8-9,11-12,23H,2-7,10H2,1H3,(H,19,21)(H,20,22). The van der Waals surface area contributed by atoms with Crippen molar-refractivity contribution in [3.8, 4) is 0 Å². The molecule has 4 rings (SSSR count). The Kier molecular flexibility index (Phi) is 4.48. The molecule has 0 amide bonds. The molecule has 3 aromatic heterocycles. The predicted molar refractivity (Wildman–Crippen MR) is 101 cm³/mol. The molecule has 8 heteroatoms. The zero-order chi connectivity index (χ0) is 18.3. The monoisotopic (exact) mass is 376 g/mol. The molecule has 0 aromatic carbocycles. The summed E-state index contributed by atoms with van der Waals surface area (Å²) in [6, 6.07) is 2.13. The third-order valence-corrected chi connectivity index (χ3v) is 6.49. The van der Waals surface area contributed by atoms with Crippen molar-refractivity contribution in [2.24, 2.45) is 5.92 Å². The van der Waals surface area contributed by atoms with Crippen molar-refractivity contribution >= 4 is 31.9 Å². The number of aromatic amines is 2. The van der Waals surface area contributed by atoms with Gasteiger partial charge >= 0.3 is 0 Å². The van der Waals surface area contributed by atoms with E-state index in [1.807, 2.05) is 0 Å². The van der Waals surface area contributed by atoms with Crippen LogP contribution in [-0.2, 0) is 16.4 Å². The lowest BCUT2D eigenvalue weighted by Gasteiger charge is -2.27. The Bertz CT molecular complexity index is 1030. The summed E-state index contributed by atoms with van der Waals surface area (Å²) in [7, 11) is -2.87. The summed E-state index contributed by atoms with van der Waals surface area (Å²) in [5.74, 6) is 1.80. The van der Waals surface area contributed by atoms with Gasteiger partial charge in [0.05, 0.1) is 17.5 Å². The molecule has 1 aliphatic rings. The van der Waals surface area contributed by atoms with Gasteiger partial charge in [-0.1, -0.05) is 0 Å². The molecule has 1 saturated carbocycles. The molecule has 0 radical (unpaired) electrons. The Balaban J connectivity index is 1.51. The number of aromatic nitrogens is 4. The van der Waals surface area contributed by atoms with Crippen molar-refractivity contribution in [3.05, 3.63) is 23.8 Å². The van der Waals surface area contributed by atoms with Crippen LogP contribution in [0.3, 0.4) is 0 Å². The molecule has 3 aromatic rings. The lowest BCUT2D eigenvalue weighted by Crippen LogP contribution is -2.16. The van der Waals surface area contributed by atoms with Crippen LogP contribution in [0.1, 0.15) is 49.5 Å². The zero-order valence-corrected chi connectivity index (χ0v) is 15.6. The van der Waals surface area contributed by atoms with Crippen LogP contribution >= 0.6 is 0 Å². The van der Waals surface area contributed by atoms with Crippen LogP contribution in [0.4, 0.5) is 0 Å². The summed E-state index contributed by atoms with van der Waals surface area (Å²) >= 11 is 0. The summed E-state index contributed by atoms with van der Waals surface area (Å²) in [6.07, 6.45) is 8.09. The number of hydrogen-bond donors (Lipinski definition) is 3. The van der Waals surface area contributed by atoms with Crippen LogP contribution in [0, 0.1) is 5.92 Å². The smallest absolute Gasteiger partial charge is 0.147 e. The van der Waals surface area contributed by atoms with Gasteiger partial charge in [-0.05, 0) is 50.0 Å². The highest BCUT2D eigenvalue weighted by atomic mass is 32.2. The largest absolute Gasteiger partial charge is 0.388 e. The quantitative estimate of drug-likeness (QED) is 0.634. The minimum absolute atomic E-state index is 0.120. The molecule has 26 heavy (non-hydrogen) atoms. The maximum atomic E-state index is 11.4. The fourth-order valence-electron chi connectivity index (χ4n) is 4.05. The van der Waals surface area contributed by atoms with Crippen molar-refractivity contribution in [2.45, 2.75) is 44.6 Å². The van der Waals surface area contributed by atoms with E-state index in [-0.39, 0.29) is 6.61 Å². The second-order valence-electron chi connectivity index (χ2n) is 7.49. The van der Waals surface area contributed by atoms with Crippen molar-refractivity contribution in [2.75, 3.05) is 12.0 Å². The van der Waals surface area contributed by atoms with Gasteiger partial charge in [-0.3, -0.25) is 0 Å². The lowest BCUT2D eigenvalue weighted by molar-refractivity contribution is 0.273. The van der Waals surface area contributed by atoms with Gasteiger partial charge in [0.2, 0.25) is 0 Å². The summed E-state index contributed by atoms with van der Waals surface area (Å²) in [5.41, 5.74) is 3.66. The number of hydrogen-bond acceptors (Lipinski definition) is 5. The fraction of sp³-hybridized carbons (Fsp3) is 0.556. The van der Waals surface area contributed by atoms with Gasteiger partial charge in [-0.15, -0.1) is 0 Å².